The molecule has 1 N–H and O–H groups in total. The van der Waals surface area contributed by atoms with Crippen LogP contribution in [0.3, 0.4) is 0 Å². The molecule has 0 fully saturated rings. The summed E-state index contributed by atoms with van der Waals surface area (Å²) in [4.78, 5) is 11.0. The van der Waals surface area contributed by atoms with Crippen molar-refractivity contribution in [3.63, 3.8) is 0 Å². The summed E-state index contributed by atoms with van der Waals surface area (Å²) in [6.45, 7) is 9.10. The van der Waals surface area contributed by atoms with Crippen LogP contribution in [-0.4, -0.2) is 17.7 Å². The average molecular weight is 292 g/mol. The van der Waals surface area contributed by atoms with Gasteiger partial charge >= 0.3 is 5.97 Å². The smallest absolute Gasteiger partial charge is 0.303 e. The lowest BCUT2D eigenvalue weighted by molar-refractivity contribution is -0.138. The molecule has 1 aromatic carbocycles. The normalized spacial score (nSPS) is 12.4. The molecule has 118 valence electrons. The first-order chi connectivity index (χ1) is 9.93. The van der Waals surface area contributed by atoms with Crippen molar-refractivity contribution in [3.05, 3.63) is 29.3 Å². The Morgan fingerprint density at radius 3 is 2.62 bits per heavy atom. The number of hydrogen-bond acceptors (Lipinski definition) is 2. The fraction of sp³-hybridized carbons (Fsp3) is 0.611. The number of carboxylic acids is 1. The molecule has 0 amide bonds. The van der Waals surface area contributed by atoms with Crippen LogP contribution in [0.2, 0.25) is 0 Å². The van der Waals surface area contributed by atoms with E-state index < -0.39 is 5.97 Å². The Bertz CT molecular complexity index is 452. The highest BCUT2D eigenvalue weighted by molar-refractivity contribution is 5.67. The van der Waals surface area contributed by atoms with Gasteiger partial charge in [-0.15, -0.1) is 0 Å². The van der Waals surface area contributed by atoms with Gasteiger partial charge in [-0.3, -0.25) is 4.79 Å². The van der Waals surface area contributed by atoms with Gasteiger partial charge in [-0.2, -0.15) is 0 Å². The van der Waals surface area contributed by atoms with E-state index in [0.29, 0.717) is 5.92 Å². The molecule has 1 aromatic rings. The van der Waals surface area contributed by atoms with E-state index >= 15 is 0 Å². The molecule has 0 aliphatic rings. The summed E-state index contributed by atoms with van der Waals surface area (Å²) >= 11 is 0. The van der Waals surface area contributed by atoms with E-state index in [2.05, 4.69) is 39.0 Å². The van der Waals surface area contributed by atoms with Crippen LogP contribution in [0.1, 0.15) is 51.2 Å². The second kappa shape index (κ2) is 8.71. The zero-order valence-corrected chi connectivity index (χ0v) is 13.7. The molecule has 1 rings (SSSR count). The highest BCUT2D eigenvalue weighted by atomic mass is 16.5. The summed E-state index contributed by atoms with van der Waals surface area (Å²) in [6, 6.07) is 6.22. The van der Waals surface area contributed by atoms with Crippen LogP contribution in [0.25, 0.3) is 0 Å². The number of unbranched alkanes of at least 4 members (excludes halogenated alkanes) is 1. The molecule has 0 saturated heterocycles. The van der Waals surface area contributed by atoms with Gasteiger partial charge in [-0.25, -0.2) is 0 Å². The second-order valence-electron chi connectivity index (χ2n) is 6.11. The van der Waals surface area contributed by atoms with Crippen molar-refractivity contribution in [1.82, 2.24) is 0 Å². The van der Waals surface area contributed by atoms with Crippen LogP contribution in [0.5, 0.6) is 5.75 Å². The molecule has 1 atom stereocenters. The minimum Gasteiger partial charge on any atom is -0.493 e. The van der Waals surface area contributed by atoms with Crippen molar-refractivity contribution in [3.8, 4) is 5.75 Å². The lowest BCUT2D eigenvalue weighted by Gasteiger charge is -2.19. The fourth-order valence-corrected chi connectivity index (χ4v) is 2.32. The molecule has 0 aliphatic heterocycles. The molecular weight excluding hydrogens is 264 g/mol. The third-order valence-corrected chi connectivity index (χ3v) is 3.89. The first-order valence-electron chi connectivity index (χ1n) is 7.88. The number of rotatable bonds is 9. The Hall–Kier alpha value is -1.51. The molecule has 0 heterocycles. The largest absolute Gasteiger partial charge is 0.493 e. The van der Waals surface area contributed by atoms with Gasteiger partial charge in [0, 0.05) is 6.42 Å². The minimum absolute atomic E-state index is 0.161. The molecule has 0 aromatic heterocycles. The maximum Gasteiger partial charge on any atom is 0.303 e. The van der Waals surface area contributed by atoms with E-state index in [4.69, 9.17) is 9.84 Å². The van der Waals surface area contributed by atoms with Crippen LogP contribution >= 0.6 is 0 Å². The Kier molecular flexibility index (Phi) is 7.27. The molecular formula is C18H28O3. The van der Waals surface area contributed by atoms with Crippen LogP contribution in [0.4, 0.5) is 0 Å². The third kappa shape index (κ3) is 6.19. The standard InChI is InChI=1S/C18H28O3/c1-5-6-9-21-17-11-15(8-7-14(17)4)10-16(13(2)3)12-18(19)20/h7-8,11,13,16H,5-6,9-10,12H2,1-4H3,(H,19,20). The number of carbonyl (C=O) groups is 1. The molecule has 0 radical (unpaired) electrons. The molecule has 21 heavy (non-hydrogen) atoms. The molecule has 0 bridgehead atoms. The Morgan fingerprint density at radius 2 is 2.05 bits per heavy atom. The van der Waals surface area contributed by atoms with Gasteiger partial charge in [-0.1, -0.05) is 39.3 Å². The van der Waals surface area contributed by atoms with Gasteiger partial charge in [0.05, 0.1) is 6.61 Å². The summed E-state index contributed by atoms with van der Waals surface area (Å²) in [5, 5.41) is 9.03. The van der Waals surface area contributed by atoms with Gasteiger partial charge in [0.1, 0.15) is 5.75 Å². The van der Waals surface area contributed by atoms with Crippen molar-refractivity contribution in [2.45, 2.75) is 53.4 Å². The second-order valence-corrected chi connectivity index (χ2v) is 6.11. The van der Waals surface area contributed by atoms with Crippen molar-refractivity contribution in [2.24, 2.45) is 11.8 Å². The van der Waals surface area contributed by atoms with E-state index in [-0.39, 0.29) is 12.3 Å². The molecule has 0 aliphatic carbocycles. The predicted molar refractivity (Wildman–Crippen MR) is 85.9 cm³/mol. The van der Waals surface area contributed by atoms with Crippen LogP contribution in [0, 0.1) is 18.8 Å². The minimum atomic E-state index is -0.722. The predicted octanol–water partition coefficient (Wildman–Crippen LogP) is 4.46. The Morgan fingerprint density at radius 1 is 1.33 bits per heavy atom. The number of hydrogen-bond donors (Lipinski definition) is 1. The maximum absolute atomic E-state index is 11.0. The number of aliphatic carboxylic acids is 1. The number of aryl methyl sites for hydroxylation is 1. The van der Waals surface area contributed by atoms with Gasteiger partial charge < -0.3 is 9.84 Å². The van der Waals surface area contributed by atoms with Crippen LogP contribution in [0.15, 0.2) is 18.2 Å². The number of benzene rings is 1. The van der Waals surface area contributed by atoms with Crippen molar-refractivity contribution < 1.29 is 14.6 Å². The average Bonchev–Trinajstić information content (AvgIpc) is 2.41. The zero-order chi connectivity index (χ0) is 15.8. The monoisotopic (exact) mass is 292 g/mol. The maximum atomic E-state index is 11.0. The van der Waals surface area contributed by atoms with E-state index in [1.165, 1.54) is 0 Å². The van der Waals surface area contributed by atoms with E-state index in [0.717, 1.165) is 42.7 Å². The third-order valence-electron chi connectivity index (χ3n) is 3.89. The first kappa shape index (κ1) is 17.5. The van der Waals surface area contributed by atoms with Gasteiger partial charge in [0.15, 0.2) is 0 Å². The van der Waals surface area contributed by atoms with Gasteiger partial charge in [0.25, 0.3) is 0 Å². The molecule has 3 nitrogen and oxygen atoms in total. The summed E-state index contributed by atoms with van der Waals surface area (Å²) in [5.74, 6) is 0.722. The molecule has 1 unspecified atom stereocenters. The lowest BCUT2D eigenvalue weighted by atomic mass is 9.86. The Labute approximate surface area is 128 Å². The summed E-state index contributed by atoms with van der Waals surface area (Å²) in [6.07, 6.45) is 3.18. The van der Waals surface area contributed by atoms with E-state index in [1.54, 1.807) is 0 Å². The van der Waals surface area contributed by atoms with Gasteiger partial charge in [-0.05, 0) is 48.8 Å². The van der Waals surface area contributed by atoms with Crippen LogP contribution < -0.4 is 4.74 Å². The quantitative estimate of drug-likeness (QED) is 0.683. The SMILES string of the molecule is CCCCOc1cc(CC(CC(=O)O)C(C)C)ccc1C. The van der Waals surface area contributed by atoms with E-state index in [1.807, 2.05) is 6.92 Å². The number of ether oxygens (including phenoxy) is 1. The molecule has 0 spiro atoms. The number of carboxylic acid groups (broad SMARTS) is 1. The van der Waals surface area contributed by atoms with Crippen molar-refractivity contribution in [1.29, 1.82) is 0 Å². The Balaban J connectivity index is 2.77. The molecule has 0 saturated carbocycles. The molecule has 3 heteroatoms. The highest BCUT2D eigenvalue weighted by Crippen LogP contribution is 2.25. The summed E-state index contributed by atoms with van der Waals surface area (Å²) in [7, 11) is 0. The zero-order valence-electron chi connectivity index (χ0n) is 13.7. The highest BCUT2D eigenvalue weighted by Gasteiger charge is 2.18. The van der Waals surface area contributed by atoms with Crippen LogP contribution in [-0.2, 0) is 11.2 Å². The summed E-state index contributed by atoms with van der Waals surface area (Å²) < 4.78 is 5.82. The summed E-state index contributed by atoms with van der Waals surface area (Å²) in [5.41, 5.74) is 2.29. The van der Waals surface area contributed by atoms with Gasteiger partial charge in [0.2, 0.25) is 0 Å². The van der Waals surface area contributed by atoms with E-state index in [9.17, 15) is 4.79 Å². The van der Waals surface area contributed by atoms with Crippen molar-refractivity contribution in [2.75, 3.05) is 6.61 Å². The topological polar surface area (TPSA) is 46.5 Å². The van der Waals surface area contributed by atoms with Crippen molar-refractivity contribution >= 4 is 5.97 Å². The lowest BCUT2D eigenvalue weighted by Crippen LogP contribution is -2.16. The fourth-order valence-electron chi connectivity index (χ4n) is 2.32. The first-order valence-corrected chi connectivity index (χ1v) is 7.88.